The summed E-state index contributed by atoms with van der Waals surface area (Å²) in [6, 6.07) is 12.7. The van der Waals surface area contributed by atoms with Crippen LogP contribution >= 0.6 is 11.3 Å². The highest BCUT2D eigenvalue weighted by Crippen LogP contribution is 2.34. The van der Waals surface area contributed by atoms with Crippen LogP contribution in [-0.2, 0) is 6.54 Å². The molecule has 2 aromatic heterocycles. The van der Waals surface area contributed by atoms with Gasteiger partial charge in [-0.3, -0.25) is 4.79 Å². The molecule has 0 unspecified atom stereocenters. The Morgan fingerprint density at radius 1 is 1.03 bits per heavy atom. The molecule has 0 aliphatic carbocycles. The maximum absolute atomic E-state index is 12.4. The Hall–Kier alpha value is -3.99. The minimum atomic E-state index is -4.76. The van der Waals surface area contributed by atoms with Gasteiger partial charge >= 0.3 is 6.36 Å². The summed E-state index contributed by atoms with van der Waals surface area (Å²) >= 11 is 1.32. The summed E-state index contributed by atoms with van der Waals surface area (Å²) in [6.07, 6.45) is -4.76. The van der Waals surface area contributed by atoms with E-state index < -0.39 is 12.3 Å². The Morgan fingerprint density at radius 2 is 1.67 bits per heavy atom. The van der Waals surface area contributed by atoms with E-state index in [1.165, 1.54) is 35.6 Å². The first-order valence-electron chi connectivity index (χ1n) is 10.6. The number of nitrogens with two attached hydrogens (primary N) is 1. The van der Waals surface area contributed by atoms with E-state index in [-0.39, 0.29) is 5.75 Å². The number of primary amides is 1. The lowest BCUT2D eigenvalue weighted by Gasteiger charge is -2.13. The lowest BCUT2D eigenvalue weighted by molar-refractivity contribution is -0.274. The average Bonchev–Trinajstić information content (AvgIpc) is 3.43. The van der Waals surface area contributed by atoms with Crippen LogP contribution in [0.15, 0.2) is 53.9 Å². The molecule has 0 radical (unpaired) electrons. The molecular formula is C25H22F3N3O4S. The molecule has 1 amide bonds. The van der Waals surface area contributed by atoms with Crippen LogP contribution in [0.25, 0.3) is 22.0 Å². The van der Waals surface area contributed by atoms with Gasteiger partial charge in [0.05, 0.1) is 31.2 Å². The number of hydrogen-bond donors (Lipinski definition) is 1. The van der Waals surface area contributed by atoms with E-state index in [0.717, 1.165) is 5.56 Å². The number of ether oxygens (including phenoxy) is 3. The molecule has 7 nitrogen and oxygen atoms in total. The average molecular weight is 518 g/mol. The molecule has 0 atom stereocenters. The fourth-order valence-corrected chi connectivity index (χ4v) is 4.59. The first-order valence-corrected chi connectivity index (χ1v) is 11.5. The zero-order valence-corrected chi connectivity index (χ0v) is 20.4. The number of nitrogens with zero attached hydrogens (tertiary/aromatic N) is 2. The van der Waals surface area contributed by atoms with Crippen molar-refractivity contribution in [2.24, 2.45) is 5.73 Å². The summed E-state index contributed by atoms with van der Waals surface area (Å²) in [7, 11) is 3.13. The van der Waals surface area contributed by atoms with E-state index in [1.807, 2.05) is 22.1 Å². The minimum absolute atomic E-state index is 0.313. The SMILES string of the molecule is COc1cc(Cn2c(-c3csc(-c4ccc(OC(F)(F)F)cc4)n3)cc(C(N)=O)c2C)cc(OC)c1. The number of halogens is 3. The monoisotopic (exact) mass is 517 g/mol. The predicted molar refractivity (Wildman–Crippen MR) is 130 cm³/mol. The maximum Gasteiger partial charge on any atom is 0.573 e. The highest BCUT2D eigenvalue weighted by atomic mass is 32.1. The lowest BCUT2D eigenvalue weighted by Crippen LogP contribution is -2.16. The van der Waals surface area contributed by atoms with E-state index >= 15 is 0 Å². The van der Waals surface area contributed by atoms with Gasteiger partial charge in [-0.05, 0) is 55.0 Å². The van der Waals surface area contributed by atoms with E-state index in [4.69, 9.17) is 15.2 Å². The third-order valence-corrected chi connectivity index (χ3v) is 6.38. The van der Waals surface area contributed by atoms with Gasteiger partial charge in [0.1, 0.15) is 22.3 Å². The van der Waals surface area contributed by atoms with Gasteiger partial charge in [-0.1, -0.05) is 0 Å². The first kappa shape index (κ1) is 25.1. The van der Waals surface area contributed by atoms with Crippen LogP contribution in [0.2, 0.25) is 0 Å². The molecule has 0 fully saturated rings. The molecular weight excluding hydrogens is 495 g/mol. The fourth-order valence-electron chi connectivity index (χ4n) is 3.77. The van der Waals surface area contributed by atoms with Crippen LogP contribution in [0.3, 0.4) is 0 Å². The summed E-state index contributed by atoms with van der Waals surface area (Å²) in [6.45, 7) is 2.19. The van der Waals surface area contributed by atoms with E-state index in [9.17, 15) is 18.0 Å². The number of methoxy groups -OCH3 is 2. The number of carbonyl (C=O) groups excluding carboxylic acids is 1. The summed E-state index contributed by atoms with van der Waals surface area (Å²) in [4.78, 5) is 16.8. The molecule has 0 saturated carbocycles. The van der Waals surface area contributed by atoms with Crippen LogP contribution < -0.4 is 19.9 Å². The largest absolute Gasteiger partial charge is 0.573 e. The third kappa shape index (κ3) is 5.46. The number of rotatable bonds is 8. The molecule has 0 saturated heterocycles. The molecule has 0 aliphatic heterocycles. The fraction of sp³-hybridized carbons (Fsp3) is 0.200. The van der Waals surface area contributed by atoms with Gasteiger partial charge in [-0.2, -0.15) is 0 Å². The zero-order chi connectivity index (χ0) is 26.0. The number of thiazole rings is 1. The van der Waals surface area contributed by atoms with Crippen LogP contribution in [0.4, 0.5) is 13.2 Å². The summed E-state index contributed by atoms with van der Waals surface area (Å²) < 4.78 is 53.9. The standard InChI is InChI=1S/C25H22F3N3O4S/c1-14-20(23(29)32)11-22(31(14)12-15-8-18(33-2)10-19(9-15)34-3)21-13-36-24(30-21)16-4-6-17(7-5-16)35-25(26,27)28/h4-11,13H,12H2,1-3H3,(H2,29,32). The van der Waals surface area contributed by atoms with Gasteiger partial charge in [0.15, 0.2) is 0 Å². The second kappa shape index (κ2) is 9.94. The number of hydrogen-bond acceptors (Lipinski definition) is 6. The van der Waals surface area contributed by atoms with Crippen LogP contribution in [-0.4, -0.2) is 36.0 Å². The van der Waals surface area contributed by atoms with Crippen molar-refractivity contribution in [2.45, 2.75) is 19.8 Å². The molecule has 4 rings (SSSR count). The molecule has 2 heterocycles. The Labute approximate surface area is 208 Å². The lowest BCUT2D eigenvalue weighted by atomic mass is 10.2. The maximum atomic E-state index is 12.4. The van der Waals surface area contributed by atoms with Gasteiger partial charge in [0.2, 0.25) is 0 Å². The second-order valence-electron chi connectivity index (χ2n) is 7.81. The van der Waals surface area contributed by atoms with Crippen LogP contribution in [0.1, 0.15) is 21.6 Å². The van der Waals surface area contributed by atoms with Crippen molar-refractivity contribution in [1.29, 1.82) is 0 Å². The van der Waals surface area contributed by atoms with Crippen LogP contribution in [0.5, 0.6) is 17.2 Å². The Balaban J connectivity index is 1.70. The second-order valence-corrected chi connectivity index (χ2v) is 8.67. The molecule has 2 aromatic carbocycles. The molecule has 0 spiro atoms. The van der Waals surface area contributed by atoms with Gasteiger partial charge < -0.3 is 24.5 Å². The highest BCUT2D eigenvalue weighted by Gasteiger charge is 2.31. The number of aromatic nitrogens is 2. The number of carbonyl (C=O) groups is 1. The molecule has 11 heteroatoms. The normalized spacial score (nSPS) is 11.4. The smallest absolute Gasteiger partial charge is 0.497 e. The van der Waals surface area contributed by atoms with Gasteiger partial charge in [-0.15, -0.1) is 24.5 Å². The van der Waals surface area contributed by atoms with Crippen molar-refractivity contribution >= 4 is 17.2 Å². The Bertz CT molecular complexity index is 1370. The van der Waals surface area contributed by atoms with E-state index in [1.54, 1.807) is 33.3 Å². The first-order chi connectivity index (χ1) is 17.1. The molecule has 0 bridgehead atoms. The number of alkyl halides is 3. The minimum Gasteiger partial charge on any atom is -0.497 e. The molecule has 0 aliphatic rings. The Kier molecular flexibility index (Phi) is 6.93. The summed E-state index contributed by atoms with van der Waals surface area (Å²) in [5.41, 5.74) is 9.41. The van der Waals surface area contributed by atoms with Crippen LogP contribution in [0, 0.1) is 6.92 Å². The van der Waals surface area contributed by atoms with Gasteiger partial charge in [0, 0.05) is 29.2 Å². The summed E-state index contributed by atoms with van der Waals surface area (Å²) in [5, 5.41) is 2.41. The van der Waals surface area contributed by atoms with Crippen molar-refractivity contribution in [3.8, 4) is 39.2 Å². The number of amides is 1. The van der Waals surface area contributed by atoms with Gasteiger partial charge in [0.25, 0.3) is 5.91 Å². The van der Waals surface area contributed by atoms with Crippen molar-refractivity contribution in [2.75, 3.05) is 14.2 Å². The quantitative estimate of drug-likeness (QED) is 0.326. The van der Waals surface area contributed by atoms with E-state index in [0.29, 0.717) is 51.3 Å². The third-order valence-electron chi connectivity index (χ3n) is 5.49. The van der Waals surface area contributed by atoms with E-state index in [2.05, 4.69) is 9.72 Å². The van der Waals surface area contributed by atoms with Crippen molar-refractivity contribution in [1.82, 2.24) is 9.55 Å². The van der Waals surface area contributed by atoms with Crippen molar-refractivity contribution < 1.29 is 32.2 Å². The van der Waals surface area contributed by atoms with Crippen molar-refractivity contribution in [3.05, 3.63) is 70.7 Å². The molecule has 188 valence electrons. The summed E-state index contributed by atoms with van der Waals surface area (Å²) in [5.74, 6) is 0.373. The molecule has 2 N–H and O–H groups in total. The molecule has 4 aromatic rings. The van der Waals surface area contributed by atoms with Crippen molar-refractivity contribution in [3.63, 3.8) is 0 Å². The topological polar surface area (TPSA) is 88.6 Å². The Morgan fingerprint density at radius 3 is 2.22 bits per heavy atom. The predicted octanol–water partition coefficient (Wildman–Crippen LogP) is 5.65. The highest BCUT2D eigenvalue weighted by molar-refractivity contribution is 7.13. The zero-order valence-electron chi connectivity index (χ0n) is 19.6. The number of benzene rings is 2. The molecule has 36 heavy (non-hydrogen) atoms. The van der Waals surface area contributed by atoms with Gasteiger partial charge in [-0.25, -0.2) is 4.98 Å².